The van der Waals surface area contributed by atoms with Crippen LogP contribution in [-0.4, -0.2) is 40.0 Å². The van der Waals surface area contributed by atoms with Crippen molar-refractivity contribution in [1.29, 1.82) is 0 Å². The predicted octanol–water partition coefficient (Wildman–Crippen LogP) is 2.75. The van der Waals surface area contributed by atoms with Gasteiger partial charge in [0.05, 0.1) is 17.6 Å². The summed E-state index contributed by atoms with van der Waals surface area (Å²) in [5.41, 5.74) is 1.50. The molecular weight excluding hydrogens is 364 g/mol. The van der Waals surface area contributed by atoms with Gasteiger partial charge in [-0.1, -0.05) is 24.3 Å². The lowest BCUT2D eigenvalue weighted by Gasteiger charge is -2.17. The van der Waals surface area contributed by atoms with Gasteiger partial charge in [-0.15, -0.1) is 0 Å². The number of benzene rings is 1. The van der Waals surface area contributed by atoms with Crippen molar-refractivity contribution in [3.63, 3.8) is 0 Å². The third-order valence-corrected chi connectivity index (χ3v) is 4.38. The lowest BCUT2D eigenvalue weighted by Crippen LogP contribution is -2.37. The monoisotopic (exact) mass is 382 g/mol. The number of hydrogen-bond donors (Lipinski definition) is 2. The zero-order chi connectivity index (χ0) is 20.3. The van der Waals surface area contributed by atoms with Crippen LogP contribution in [0.3, 0.4) is 0 Å². The number of nitrogens with zero attached hydrogens (tertiary/aromatic N) is 3. The standard InChI is InChI=1S/C19H18N4O5/c1-11(28-2)15(12-6-5-9-20-10-12)17-18(23(26)27)21-14-8-4-3-7-13(14)16(22-17)19(24)25/h3-10,16,18,21H,1-2H3,(H,24,25)/t16-,18?/m1/s1. The van der Waals surface area contributed by atoms with Crippen molar-refractivity contribution >= 4 is 22.9 Å². The molecule has 1 aromatic heterocycles. The molecule has 0 saturated carbocycles. The Kier molecular flexibility index (Phi) is 5.35. The summed E-state index contributed by atoms with van der Waals surface area (Å²) in [4.78, 5) is 31.6. The third-order valence-electron chi connectivity index (χ3n) is 4.38. The third kappa shape index (κ3) is 3.54. The maximum absolute atomic E-state index is 11.9. The average Bonchev–Trinajstić information content (AvgIpc) is 2.86. The molecule has 0 spiro atoms. The molecule has 2 N–H and O–H groups in total. The van der Waals surface area contributed by atoms with Crippen molar-refractivity contribution in [2.75, 3.05) is 12.4 Å². The molecule has 0 saturated heterocycles. The lowest BCUT2D eigenvalue weighted by atomic mass is 9.99. The maximum atomic E-state index is 11.9. The van der Waals surface area contributed by atoms with Crippen LogP contribution in [0.25, 0.3) is 5.57 Å². The lowest BCUT2D eigenvalue weighted by molar-refractivity contribution is -0.495. The number of allylic oxidation sites excluding steroid dienone is 1. The molecule has 0 bridgehead atoms. The number of aliphatic imine (C=N–C) groups is 1. The SMILES string of the molecule is COC(C)=C(C1=N[C@@H](C(=O)O)c2ccccc2NC1[N+](=O)[O-])c1cccnc1. The second-order valence-electron chi connectivity index (χ2n) is 6.05. The van der Waals surface area contributed by atoms with E-state index >= 15 is 0 Å². The van der Waals surface area contributed by atoms with Crippen molar-refractivity contribution < 1.29 is 19.6 Å². The largest absolute Gasteiger partial charge is 0.501 e. The van der Waals surface area contributed by atoms with Crippen LogP contribution in [0.2, 0.25) is 0 Å². The van der Waals surface area contributed by atoms with E-state index in [1.165, 1.54) is 13.3 Å². The zero-order valence-corrected chi connectivity index (χ0v) is 15.2. The van der Waals surface area contributed by atoms with Crippen LogP contribution in [-0.2, 0) is 9.53 Å². The molecule has 1 aliphatic heterocycles. The Bertz CT molecular complexity index is 971. The number of para-hydroxylation sites is 1. The molecule has 28 heavy (non-hydrogen) atoms. The summed E-state index contributed by atoms with van der Waals surface area (Å²) in [6.45, 7) is 1.63. The van der Waals surface area contributed by atoms with Crippen molar-refractivity contribution in [2.24, 2.45) is 4.99 Å². The number of fused-ring (bicyclic) bond motifs is 1. The molecule has 2 aromatic rings. The number of ether oxygens (including phenoxy) is 1. The van der Waals surface area contributed by atoms with Crippen LogP contribution in [0.15, 0.2) is 59.5 Å². The van der Waals surface area contributed by atoms with Crippen LogP contribution in [0, 0.1) is 10.1 Å². The van der Waals surface area contributed by atoms with Crippen molar-refractivity contribution in [1.82, 2.24) is 4.98 Å². The summed E-state index contributed by atoms with van der Waals surface area (Å²) in [5.74, 6) is -0.855. The minimum Gasteiger partial charge on any atom is -0.501 e. The minimum atomic E-state index is -1.47. The highest BCUT2D eigenvalue weighted by Crippen LogP contribution is 2.34. The van der Waals surface area contributed by atoms with E-state index < -0.39 is 23.1 Å². The van der Waals surface area contributed by atoms with E-state index in [1.807, 2.05) is 0 Å². The van der Waals surface area contributed by atoms with Crippen molar-refractivity contribution in [3.05, 3.63) is 75.8 Å². The molecule has 0 aliphatic carbocycles. The van der Waals surface area contributed by atoms with Gasteiger partial charge in [-0.2, -0.15) is 0 Å². The van der Waals surface area contributed by atoms with E-state index in [-0.39, 0.29) is 5.71 Å². The molecule has 1 aromatic carbocycles. The van der Waals surface area contributed by atoms with E-state index in [0.29, 0.717) is 28.1 Å². The Balaban J connectivity index is 2.29. The topological polar surface area (TPSA) is 127 Å². The number of nitrogens with one attached hydrogen (secondary N) is 1. The Morgan fingerprint density at radius 3 is 2.64 bits per heavy atom. The highest BCUT2D eigenvalue weighted by atomic mass is 16.6. The first-order valence-corrected chi connectivity index (χ1v) is 8.39. The van der Waals surface area contributed by atoms with Gasteiger partial charge in [0.25, 0.3) is 0 Å². The number of hydrogen-bond acceptors (Lipinski definition) is 7. The average molecular weight is 382 g/mol. The number of aromatic nitrogens is 1. The fourth-order valence-corrected chi connectivity index (χ4v) is 3.05. The molecule has 9 heteroatoms. The smallest absolute Gasteiger partial charge is 0.333 e. The number of carboxylic acid groups (broad SMARTS) is 1. The van der Waals surface area contributed by atoms with Gasteiger partial charge in [0.2, 0.25) is 0 Å². The summed E-state index contributed by atoms with van der Waals surface area (Å²) in [6.07, 6.45) is 1.62. The number of carboxylic acids is 1. The van der Waals surface area contributed by atoms with Gasteiger partial charge >= 0.3 is 12.1 Å². The first-order chi connectivity index (χ1) is 13.4. The Hall–Kier alpha value is -3.75. The van der Waals surface area contributed by atoms with Crippen LogP contribution in [0.5, 0.6) is 0 Å². The van der Waals surface area contributed by atoms with Crippen LogP contribution >= 0.6 is 0 Å². The van der Waals surface area contributed by atoms with Gasteiger partial charge < -0.3 is 15.2 Å². The quantitative estimate of drug-likeness (QED) is 0.462. The fraction of sp³-hybridized carbons (Fsp3) is 0.211. The normalized spacial score (nSPS) is 19.3. The van der Waals surface area contributed by atoms with Gasteiger partial charge in [-0.05, 0) is 19.1 Å². The van der Waals surface area contributed by atoms with E-state index in [4.69, 9.17) is 4.74 Å². The van der Waals surface area contributed by atoms with Crippen LogP contribution in [0.1, 0.15) is 24.1 Å². The second kappa shape index (κ2) is 7.87. The molecule has 3 rings (SSSR count). The summed E-state index contributed by atoms with van der Waals surface area (Å²) in [5, 5.41) is 24.4. The van der Waals surface area contributed by atoms with E-state index in [9.17, 15) is 20.0 Å². The van der Waals surface area contributed by atoms with E-state index in [0.717, 1.165) is 0 Å². The number of aliphatic carboxylic acids is 1. The Morgan fingerprint density at radius 1 is 1.29 bits per heavy atom. The second-order valence-corrected chi connectivity index (χ2v) is 6.05. The van der Waals surface area contributed by atoms with Gasteiger partial charge in [-0.25, -0.2) is 4.79 Å². The molecule has 2 atom stereocenters. The van der Waals surface area contributed by atoms with Crippen molar-refractivity contribution in [2.45, 2.75) is 19.1 Å². The summed E-state index contributed by atoms with van der Waals surface area (Å²) in [6, 6.07) is 8.59. The molecule has 0 fully saturated rings. The van der Waals surface area contributed by atoms with Gasteiger partial charge in [-0.3, -0.25) is 20.1 Å². The first-order valence-electron chi connectivity index (χ1n) is 8.39. The maximum Gasteiger partial charge on any atom is 0.333 e. The molecule has 9 nitrogen and oxygen atoms in total. The first kappa shape index (κ1) is 19.0. The molecule has 1 aliphatic rings. The molecule has 0 amide bonds. The number of nitro groups is 1. The molecule has 2 heterocycles. The number of methoxy groups -OCH3 is 1. The van der Waals surface area contributed by atoms with Gasteiger partial charge in [0.1, 0.15) is 11.5 Å². The highest BCUT2D eigenvalue weighted by Gasteiger charge is 2.38. The molecular formula is C19H18N4O5. The van der Waals surface area contributed by atoms with Crippen molar-refractivity contribution in [3.8, 4) is 0 Å². The number of pyridine rings is 1. The predicted molar refractivity (Wildman–Crippen MR) is 102 cm³/mol. The number of rotatable bonds is 5. The zero-order valence-electron chi connectivity index (χ0n) is 15.2. The van der Waals surface area contributed by atoms with Crippen LogP contribution in [0.4, 0.5) is 5.69 Å². The molecule has 0 radical (unpaired) electrons. The number of anilines is 1. The Morgan fingerprint density at radius 2 is 2.04 bits per heavy atom. The molecule has 1 unspecified atom stereocenters. The van der Waals surface area contributed by atoms with E-state index in [2.05, 4.69) is 15.3 Å². The minimum absolute atomic E-state index is 0.0408. The summed E-state index contributed by atoms with van der Waals surface area (Å²) in [7, 11) is 1.43. The van der Waals surface area contributed by atoms with Crippen LogP contribution < -0.4 is 5.32 Å². The number of carbonyl (C=O) groups is 1. The van der Waals surface area contributed by atoms with Gasteiger partial charge in [0, 0.05) is 29.2 Å². The van der Waals surface area contributed by atoms with Gasteiger partial charge in [0.15, 0.2) is 6.04 Å². The summed E-state index contributed by atoms with van der Waals surface area (Å²) >= 11 is 0. The Labute approximate surface area is 160 Å². The summed E-state index contributed by atoms with van der Waals surface area (Å²) < 4.78 is 5.33. The van der Waals surface area contributed by atoms with E-state index in [1.54, 1.807) is 49.5 Å². The fourth-order valence-electron chi connectivity index (χ4n) is 3.05. The molecule has 144 valence electrons. The highest BCUT2D eigenvalue weighted by molar-refractivity contribution is 6.27.